The Morgan fingerprint density at radius 3 is 2.15 bits per heavy atom. The van der Waals surface area contributed by atoms with Crippen molar-refractivity contribution < 1.29 is 33.4 Å². The molecule has 1 saturated heterocycles. The van der Waals surface area contributed by atoms with Crippen LogP contribution in [0.15, 0.2) is 96.5 Å². The third kappa shape index (κ3) is 11.2. The molecule has 1 aromatic heterocycles. The number of aromatic nitrogens is 1. The highest BCUT2D eigenvalue weighted by molar-refractivity contribution is 7.13. The Labute approximate surface area is 407 Å². The zero-order valence-corrected chi connectivity index (χ0v) is 41.3. The third-order valence-corrected chi connectivity index (χ3v) is 14.2. The summed E-state index contributed by atoms with van der Waals surface area (Å²) in [4.78, 5) is 61.1. The fourth-order valence-electron chi connectivity index (χ4n) is 9.52. The van der Waals surface area contributed by atoms with Gasteiger partial charge in [-0.3, -0.25) is 19.2 Å². The van der Waals surface area contributed by atoms with Crippen LogP contribution in [0.2, 0.25) is 5.02 Å². The van der Waals surface area contributed by atoms with Crippen molar-refractivity contribution in [3.8, 4) is 33.8 Å². The van der Waals surface area contributed by atoms with E-state index in [2.05, 4.69) is 54.7 Å². The highest BCUT2D eigenvalue weighted by Crippen LogP contribution is 2.55. The van der Waals surface area contributed by atoms with Crippen LogP contribution in [0, 0.1) is 34.5 Å². The first-order valence-electron chi connectivity index (χ1n) is 22.7. The minimum absolute atomic E-state index is 0.152. The average molecular weight is 960 g/mol. The van der Waals surface area contributed by atoms with E-state index in [1.807, 2.05) is 69.6 Å². The lowest BCUT2D eigenvalue weighted by Crippen LogP contribution is -2.74. The summed E-state index contributed by atoms with van der Waals surface area (Å²) >= 11 is 7.84. The monoisotopic (exact) mass is 958 g/mol. The second kappa shape index (κ2) is 20.5. The molecule has 1 aliphatic heterocycles. The van der Waals surface area contributed by atoms with E-state index < -0.39 is 34.2 Å². The van der Waals surface area contributed by atoms with Crippen LogP contribution >= 0.6 is 22.9 Å². The SMILES string of the molecule is Cc1ncsc1-c1ccc(CNC(=O)[C@@H]2CCCN2C(=O)[C@@H](NC(=O)COCc2ccc(Oc3ccc(C(=O)N[C@H]4C(C)(C)[C@H](Oc5ccc(C#N)c(Cl)c5)C4(C)C)cc3)cc2)C(C)(C)C)cc1. The Bertz CT molecular complexity index is 2660. The molecule has 2 atom stereocenters. The molecular formula is C53H59ClN6O7S. The third-order valence-electron chi connectivity index (χ3n) is 12.9. The van der Waals surface area contributed by atoms with Crippen molar-refractivity contribution in [2.45, 2.75) is 106 Å². The van der Waals surface area contributed by atoms with Gasteiger partial charge in [-0.15, -0.1) is 11.3 Å². The molecule has 1 aliphatic carbocycles. The van der Waals surface area contributed by atoms with E-state index in [1.54, 1.807) is 70.8 Å². The topological polar surface area (TPSA) is 172 Å². The number of halogens is 1. The van der Waals surface area contributed by atoms with Crippen molar-refractivity contribution in [2.24, 2.45) is 16.2 Å². The molecule has 4 amide bonds. The second-order valence-electron chi connectivity index (χ2n) is 19.8. The smallest absolute Gasteiger partial charge is 0.251 e. The molecule has 0 radical (unpaired) electrons. The quantitative estimate of drug-likeness (QED) is 0.0872. The number of carbonyl (C=O) groups is 4. The zero-order valence-electron chi connectivity index (χ0n) is 39.8. The predicted octanol–water partition coefficient (Wildman–Crippen LogP) is 9.40. The lowest BCUT2D eigenvalue weighted by molar-refractivity contribution is -0.164. The maximum absolute atomic E-state index is 14.0. The number of aryl methyl sites for hydroxylation is 1. The number of carbonyl (C=O) groups excluding carboxylic acids is 4. The molecule has 356 valence electrons. The average Bonchev–Trinajstić information content (AvgIpc) is 3.98. The molecule has 3 N–H and O–H groups in total. The van der Waals surface area contributed by atoms with Gasteiger partial charge in [-0.05, 0) is 90.4 Å². The molecule has 4 aromatic carbocycles. The van der Waals surface area contributed by atoms with Gasteiger partial charge in [-0.2, -0.15) is 5.26 Å². The molecule has 7 rings (SSSR count). The molecule has 5 aromatic rings. The molecule has 15 heteroatoms. The number of ether oxygens (including phenoxy) is 3. The Morgan fingerprint density at radius 2 is 1.54 bits per heavy atom. The van der Waals surface area contributed by atoms with Crippen LogP contribution in [-0.2, 0) is 32.3 Å². The van der Waals surface area contributed by atoms with Crippen LogP contribution in [-0.4, -0.2) is 70.9 Å². The van der Waals surface area contributed by atoms with E-state index in [0.717, 1.165) is 27.3 Å². The molecule has 2 heterocycles. The van der Waals surface area contributed by atoms with E-state index >= 15 is 0 Å². The molecule has 0 unspecified atom stereocenters. The number of amides is 4. The number of nitrogens with one attached hydrogen (secondary N) is 3. The van der Waals surface area contributed by atoms with Crippen molar-refractivity contribution in [1.82, 2.24) is 25.8 Å². The van der Waals surface area contributed by atoms with Crippen LogP contribution in [0.4, 0.5) is 0 Å². The first kappa shape index (κ1) is 49.6. The highest BCUT2D eigenvalue weighted by Gasteiger charge is 2.64. The first-order valence-corrected chi connectivity index (χ1v) is 24.0. The maximum atomic E-state index is 14.0. The summed E-state index contributed by atoms with van der Waals surface area (Å²) in [5, 5.41) is 18.7. The Balaban J connectivity index is 0.850. The summed E-state index contributed by atoms with van der Waals surface area (Å²) in [5.74, 6) is 0.537. The summed E-state index contributed by atoms with van der Waals surface area (Å²) in [6, 6.07) is 27.6. The van der Waals surface area contributed by atoms with Gasteiger partial charge in [0, 0.05) is 41.6 Å². The van der Waals surface area contributed by atoms with Crippen LogP contribution in [0.25, 0.3) is 10.4 Å². The Morgan fingerprint density at radius 1 is 0.912 bits per heavy atom. The van der Waals surface area contributed by atoms with Crippen molar-refractivity contribution in [1.29, 1.82) is 5.26 Å². The van der Waals surface area contributed by atoms with Crippen LogP contribution in [0.1, 0.15) is 94.1 Å². The van der Waals surface area contributed by atoms with Gasteiger partial charge in [0.25, 0.3) is 5.91 Å². The predicted molar refractivity (Wildman–Crippen MR) is 262 cm³/mol. The van der Waals surface area contributed by atoms with Crippen molar-refractivity contribution in [3.63, 3.8) is 0 Å². The lowest BCUT2D eigenvalue weighted by Gasteiger charge is -2.63. The number of thiazole rings is 1. The van der Waals surface area contributed by atoms with Crippen molar-refractivity contribution >= 4 is 46.6 Å². The molecule has 13 nitrogen and oxygen atoms in total. The van der Waals surface area contributed by atoms with E-state index in [-0.39, 0.29) is 43.1 Å². The van der Waals surface area contributed by atoms with Crippen molar-refractivity contribution in [2.75, 3.05) is 13.2 Å². The Hall–Kier alpha value is -6.27. The number of hydrogen-bond acceptors (Lipinski definition) is 10. The summed E-state index contributed by atoms with van der Waals surface area (Å²) in [6.07, 6.45) is 1.01. The van der Waals surface area contributed by atoms with E-state index in [0.29, 0.717) is 59.3 Å². The standard InChI is InChI=1S/C53H59ClN6O7S/c1-32-44(68-31-57-32)35-15-11-33(12-16-35)28-56-47(63)42-10-9-25-60(42)48(64)45(51(2,3)4)58-43(61)30-65-29-34-13-20-38(21-14-34)66-39-22-17-36(18-23-39)46(62)59-49-52(5,6)50(53(49,7)8)67-40-24-19-37(27-55)41(54)26-40/h11-24,26,31,42,45,49-50H,9-10,25,28-30H2,1-8H3,(H,56,63)(H,58,61)(H,59,62)/t42-,45+,49-,50-/m0/s1. The summed E-state index contributed by atoms with van der Waals surface area (Å²) < 4.78 is 18.2. The van der Waals surface area contributed by atoms with E-state index in [9.17, 15) is 24.4 Å². The number of hydrogen-bond donors (Lipinski definition) is 3. The van der Waals surface area contributed by atoms with Gasteiger partial charge in [-0.25, -0.2) is 4.98 Å². The van der Waals surface area contributed by atoms with Crippen LogP contribution in [0.3, 0.4) is 0 Å². The summed E-state index contributed by atoms with van der Waals surface area (Å²) in [7, 11) is 0. The van der Waals surface area contributed by atoms with E-state index in [4.69, 9.17) is 25.8 Å². The molecule has 0 spiro atoms. The van der Waals surface area contributed by atoms with Gasteiger partial charge in [0.2, 0.25) is 17.7 Å². The number of nitriles is 1. The van der Waals surface area contributed by atoms with Gasteiger partial charge in [-0.1, -0.05) is 96.5 Å². The second-order valence-corrected chi connectivity index (χ2v) is 21.1. The van der Waals surface area contributed by atoms with Crippen molar-refractivity contribution in [3.05, 3.63) is 129 Å². The molecular weight excluding hydrogens is 900 g/mol. The first-order chi connectivity index (χ1) is 32.3. The van der Waals surface area contributed by atoms with Gasteiger partial charge in [0.05, 0.1) is 33.3 Å². The Kier molecular flexibility index (Phi) is 15.0. The van der Waals surface area contributed by atoms with Gasteiger partial charge < -0.3 is 35.1 Å². The number of nitrogens with zero attached hydrogens (tertiary/aromatic N) is 3. The number of likely N-dealkylation sites (tertiary alicyclic amines) is 1. The highest BCUT2D eigenvalue weighted by atomic mass is 35.5. The molecule has 0 bridgehead atoms. The van der Waals surface area contributed by atoms with Gasteiger partial charge >= 0.3 is 0 Å². The summed E-state index contributed by atoms with van der Waals surface area (Å²) in [5.41, 5.74) is 5.08. The molecule has 68 heavy (non-hydrogen) atoms. The largest absolute Gasteiger partial charge is 0.489 e. The van der Waals surface area contributed by atoms with Gasteiger partial charge in [0.15, 0.2) is 0 Å². The van der Waals surface area contributed by atoms with Gasteiger partial charge in [0.1, 0.15) is 48.1 Å². The fraction of sp³-hybridized carbons (Fsp3) is 0.396. The maximum Gasteiger partial charge on any atom is 0.251 e. The summed E-state index contributed by atoms with van der Waals surface area (Å²) in [6.45, 7) is 16.5. The fourth-order valence-corrected chi connectivity index (χ4v) is 10.5. The molecule has 2 aliphatic rings. The normalized spacial score (nSPS) is 18.6. The minimum Gasteiger partial charge on any atom is -0.489 e. The number of benzene rings is 4. The van der Waals surface area contributed by atoms with Crippen LogP contribution < -0.4 is 25.4 Å². The minimum atomic E-state index is -0.868. The van der Waals surface area contributed by atoms with Crippen LogP contribution in [0.5, 0.6) is 17.2 Å². The molecule has 1 saturated carbocycles. The lowest BCUT2D eigenvalue weighted by atomic mass is 9.49. The molecule has 2 fully saturated rings. The number of rotatable bonds is 16. The zero-order chi connectivity index (χ0) is 49.0. The van der Waals surface area contributed by atoms with E-state index in [1.165, 1.54) is 0 Å².